The first-order valence-corrected chi connectivity index (χ1v) is 5.47. The summed E-state index contributed by atoms with van der Waals surface area (Å²) in [7, 11) is 0. The summed E-state index contributed by atoms with van der Waals surface area (Å²) in [6.45, 7) is 17.4. The lowest BCUT2D eigenvalue weighted by Crippen LogP contribution is -2.06. The summed E-state index contributed by atoms with van der Waals surface area (Å²) in [5.41, 5.74) is 5.82. The topological polar surface area (TPSA) is 12.4 Å². The van der Waals surface area contributed by atoms with E-state index >= 15 is 0 Å². The highest BCUT2D eigenvalue weighted by Crippen LogP contribution is 2.18. The van der Waals surface area contributed by atoms with Crippen LogP contribution in [0, 0.1) is 0 Å². The molecule has 0 N–H and O–H groups in total. The van der Waals surface area contributed by atoms with Crippen LogP contribution in [0.5, 0.6) is 0 Å². The molecule has 0 spiro atoms. The summed E-state index contributed by atoms with van der Waals surface area (Å²) in [5, 5.41) is 0. The van der Waals surface area contributed by atoms with Crippen molar-refractivity contribution in [1.29, 1.82) is 0 Å². The lowest BCUT2D eigenvalue weighted by atomic mass is 9.96. The molecule has 0 aliphatic rings. The van der Waals surface area contributed by atoms with Gasteiger partial charge < -0.3 is 0 Å². The van der Waals surface area contributed by atoms with E-state index in [1.54, 1.807) is 0 Å². The minimum absolute atomic E-state index is 0.801. The van der Waals surface area contributed by atoms with Gasteiger partial charge in [0.25, 0.3) is 0 Å². The Kier molecular flexibility index (Phi) is 5.92. The zero-order valence-corrected chi connectivity index (χ0v) is 10.9. The standard InChI is InChI=1S/C14H23N/c1-8-11(5)14(15-9-2)13(7)12(6)10(3)4/h8H,7,9H2,1-6H3/b11-8-,15-14?. The summed E-state index contributed by atoms with van der Waals surface area (Å²) in [5.74, 6) is 0. The van der Waals surface area contributed by atoms with Crippen molar-refractivity contribution in [3.8, 4) is 0 Å². The molecule has 0 aromatic carbocycles. The van der Waals surface area contributed by atoms with Gasteiger partial charge in [-0.15, -0.1) is 0 Å². The number of nitrogens with zero attached hydrogens (tertiary/aromatic N) is 1. The Hall–Kier alpha value is -1.11. The van der Waals surface area contributed by atoms with Gasteiger partial charge in [-0.2, -0.15) is 0 Å². The molecule has 0 aromatic rings. The van der Waals surface area contributed by atoms with Crippen molar-refractivity contribution in [3.63, 3.8) is 0 Å². The highest BCUT2D eigenvalue weighted by atomic mass is 14.7. The second-order valence-corrected chi connectivity index (χ2v) is 3.90. The predicted molar refractivity (Wildman–Crippen MR) is 70.6 cm³/mol. The first-order valence-electron chi connectivity index (χ1n) is 5.47. The van der Waals surface area contributed by atoms with Crippen LogP contribution in [0.1, 0.15) is 41.5 Å². The van der Waals surface area contributed by atoms with Gasteiger partial charge in [0.1, 0.15) is 0 Å². The average Bonchev–Trinajstić information content (AvgIpc) is 2.22. The van der Waals surface area contributed by atoms with Crippen LogP contribution in [-0.2, 0) is 0 Å². The molecule has 0 fully saturated rings. The molecule has 1 heteroatoms. The normalized spacial score (nSPS) is 12.7. The summed E-state index contributed by atoms with van der Waals surface area (Å²) in [6.07, 6.45) is 2.08. The van der Waals surface area contributed by atoms with Crippen LogP contribution in [0.25, 0.3) is 0 Å². The van der Waals surface area contributed by atoms with Crippen molar-refractivity contribution in [3.05, 3.63) is 34.9 Å². The van der Waals surface area contributed by atoms with Gasteiger partial charge in [0.15, 0.2) is 0 Å². The third-order valence-electron chi connectivity index (χ3n) is 2.61. The third-order valence-corrected chi connectivity index (χ3v) is 2.61. The monoisotopic (exact) mass is 205 g/mol. The SMILES string of the molecule is C=C(C(=NCC)/C(C)=C\C)C(C)=C(C)C. The van der Waals surface area contributed by atoms with E-state index in [1.165, 1.54) is 16.7 Å². The molecule has 0 saturated heterocycles. The summed E-state index contributed by atoms with van der Waals surface area (Å²) < 4.78 is 0. The second-order valence-electron chi connectivity index (χ2n) is 3.90. The van der Waals surface area contributed by atoms with Crippen molar-refractivity contribution in [2.45, 2.75) is 41.5 Å². The number of rotatable bonds is 4. The highest BCUT2D eigenvalue weighted by molar-refractivity contribution is 6.14. The molecule has 0 unspecified atom stereocenters. The van der Waals surface area contributed by atoms with Gasteiger partial charge in [0.2, 0.25) is 0 Å². The molecule has 0 heterocycles. The second kappa shape index (κ2) is 6.39. The molecule has 0 aliphatic heterocycles. The van der Waals surface area contributed by atoms with E-state index in [4.69, 9.17) is 0 Å². The number of hydrogen-bond donors (Lipinski definition) is 0. The van der Waals surface area contributed by atoms with Crippen LogP contribution in [0.2, 0.25) is 0 Å². The molecule has 0 aromatic heterocycles. The van der Waals surface area contributed by atoms with Crippen LogP contribution >= 0.6 is 0 Å². The zero-order chi connectivity index (χ0) is 12.0. The molecule has 0 aliphatic carbocycles. The van der Waals surface area contributed by atoms with Gasteiger partial charge in [-0.3, -0.25) is 4.99 Å². The molecule has 84 valence electrons. The Morgan fingerprint density at radius 2 is 1.73 bits per heavy atom. The van der Waals surface area contributed by atoms with Gasteiger partial charge in [0, 0.05) is 6.54 Å². The van der Waals surface area contributed by atoms with Crippen LogP contribution in [0.15, 0.2) is 39.9 Å². The van der Waals surface area contributed by atoms with E-state index in [0.29, 0.717) is 0 Å². The lowest BCUT2D eigenvalue weighted by Gasteiger charge is -2.12. The fourth-order valence-corrected chi connectivity index (χ4v) is 1.23. The fraction of sp³-hybridized carbons (Fsp3) is 0.500. The first-order chi connectivity index (χ1) is 6.95. The third kappa shape index (κ3) is 3.86. The Balaban J connectivity index is 5.25. The predicted octanol–water partition coefficient (Wildman–Crippen LogP) is 4.33. The lowest BCUT2D eigenvalue weighted by molar-refractivity contribution is 1.12. The van der Waals surface area contributed by atoms with E-state index in [-0.39, 0.29) is 0 Å². The largest absolute Gasteiger partial charge is 0.285 e. The van der Waals surface area contributed by atoms with E-state index in [9.17, 15) is 0 Å². The maximum Gasteiger partial charge on any atom is 0.0668 e. The van der Waals surface area contributed by atoms with E-state index in [2.05, 4.69) is 45.3 Å². The molecule has 0 rings (SSSR count). The highest BCUT2D eigenvalue weighted by Gasteiger charge is 2.08. The maximum absolute atomic E-state index is 4.51. The quantitative estimate of drug-likeness (QED) is 0.478. The van der Waals surface area contributed by atoms with Crippen molar-refractivity contribution in [2.24, 2.45) is 4.99 Å². The van der Waals surface area contributed by atoms with Crippen LogP contribution in [-0.4, -0.2) is 12.3 Å². The van der Waals surface area contributed by atoms with E-state index < -0.39 is 0 Å². The van der Waals surface area contributed by atoms with Gasteiger partial charge in [-0.25, -0.2) is 0 Å². The van der Waals surface area contributed by atoms with E-state index in [1.807, 2.05) is 13.8 Å². The molecule has 0 radical (unpaired) electrons. The minimum Gasteiger partial charge on any atom is -0.285 e. The van der Waals surface area contributed by atoms with Gasteiger partial charge in [0.05, 0.1) is 5.71 Å². The van der Waals surface area contributed by atoms with Gasteiger partial charge in [-0.1, -0.05) is 18.2 Å². The Morgan fingerprint density at radius 3 is 2.07 bits per heavy atom. The fourth-order valence-electron chi connectivity index (χ4n) is 1.23. The minimum atomic E-state index is 0.801. The number of allylic oxidation sites excluding steroid dienone is 5. The van der Waals surface area contributed by atoms with Gasteiger partial charge in [-0.05, 0) is 58.3 Å². The number of hydrogen-bond acceptors (Lipinski definition) is 1. The van der Waals surface area contributed by atoms with E-state index in [0.717, 1.165) is 17.8 Å². The van der Waals surface area contributed by atoms with Crippen molar-refractivity contribution >= 4 is 5.71 Å². The summed E-state index contributed by atoms with van der Waals surface area (Å²) in [4.78, 5) is 4.51. The smallest absolute Gasteiger partial charge is 0.0668 e. The maximum atomic E-state index is 4.51. The van der Waals surface area contributed by atoms with Crippen molar-refractivity contribution in [2.75, 3.05) is 6.54 Å². The van der Waals surface area contributed by atoms with Crippen LogP contribution in [0.4, 0.5) is 0 Å². The molecule has 0 bridgehead atoms. The summed E-state index contributed by atoms with van der Waals surface area (Å²) in [6, 6.07) is 0. The average molecular weight is 205 g/mol. The molecule has 0 atom stereocenters. The number of aliphatic imine (C=N–C) groups is 1. The molecule has 15 heavy (non-hydrogen) atoms. The van der Waals surface area contributed by atoms with Crippen molar-refractivity contribution < 1.29 is 0 Å². The molecule has 0 saturated carbocycles. The summed E-state index contributed by atoms with van der Waals surface area (Å²) >= 11 is 0. The Labute approximate surface area is 94.3 Å². The van der Waals surface area contributed by atoms with Crippen LogP contribution in [0.3, 0.4) is 0 Å². The first kappa shape index (κ1) is 13.9. The Morgan fingerprint density at radius 1 is 1.20 bits per heavy atom. The van der Waals surface area contributed by atoms with Crippen molar-refractivity contribution in [1.82, 2.24) is 0 Å². The van der Waals surface area contributed by atoms with Crippen LogP contribution < -0.4 is 0 Å². The molecular formula is C14H23N. The molecule has 1 nitrogen and oxygen atoms in total. The molecular weight excluding hydrogens is 182 g/mol. The zero-order valence-electron chi connectivity index (χ0n) is 10.9. The Bertz CT molecular complexity index is 323. The molecule has 0 amide bonds. The van der Waals surface area contributed by atoms with Gasteiger partial charge >= 0.3 is 0 Å².